The summed E-state index contributed by atoms with van der Waals surface area (Å²) in [6.45, 7) is 10.9. The van der Waals surface area contributed by atoms with E-state index in [-0.39, 0.29) is 48.4 Å². The Kier molecular flexibility index (Phi) is 7.07. The van der Waals surface area contributed by atoms with Crippen LogP contribution in [0.25, 0.3) is 0 Å². The molecule has 9 heteroatoms. The van der Waals surface area contributed by atoms with Crippen LogP contribution < -0.4 is 5.32 Å². The maximum atomic E-state index is 11.2. The monoisotopic (exact) mass is 373 g/mol. The number of nitrogens with one attached hydrogen (secondary N) is 2. The predicted molar refractivity (Wildman–Crippen MR) is 102 cm³/mol. The molecule has 0 saturated carbocycles. The summed E-state index contributed by atoms with van der Waals surface area (Å²) in [5, 5.41) is 15.3. The van der Waals surface area contributed by atoms with Crippen molar-refractivity contribution in [1.29, 1.82) is 6.84 Å². The number of ether oxygens (including phenoxy) is 2. The van der Waals surface area contributed by atoms with Gasteiger partial charge >= 0.3 is 0 Å². The van der Waals surface area contributed by atoms with E-state index in [2.05, 4.69) is 39.2 Å². The number of rotatable bonds is 8. The minimum atomic E-state index is -2.04. The van der Waals surface area contributed by atoms with E-state index >= 15 is 0 Å². The summed E-state index contributed by atoms with van der Waals surface area (Å²) in [6, 6.07) is -0.229. The lowest BCUT2D eigenvalue weighted by molar-refractivity contribution is -0.120. The van der Waals surface area contributed by atoms with Gasteiger partial charge in [-0.3, -0.25) is 10.2 Å². The van der Waals surface area contributed by atoms with Crippen LogP contribution in [0.3, 0.4) is 0 Å². The molecule has 0 aromatic heterocycles. The summed E-state index contributed by atoms with van der Waals surface area (Å²) < 4.78 is 25.2. The van der Waals surface area contributed by atoms with Gasteiger partial charge in [0.2, 0.25) is 7.34 Å². The molecule has 1 aliphatic rings. The zero-order valence-corrected chi connectivity index (χ0v) is 17.5. The van der Waals surface area contributed by atoms with Crippen molar-refractivity contribution in [3.8, 4) is 0 Å². The van der Waals surface area contributed by atoms with Gasteiger partial charge in [-0.15, -0.1) is 0 Å². The van der Waals surface area contributed by atoms with Gasteiger partial charge < -0.3 is 24.3 Å². The molecular formula is C16H33BN2O5Si. The third-order valence-electron chi connectivity index (χ3n) is 5.06. The first-order valence-corrected chi connectivity index (χ1v) is 11.7. The molecule has 3 N–H and O–H groups in total. The highest BCUT2D eigenvalue weighted by Gasteiger charge is 2.48. The van der Waals surface area contributed by atoms with E-state index in [1.165, 1.54) is 0 Å². The van der Waals surface area contributed by atoms with Crippen LogP contribution in [-0.4, -0.2) is 72.5 Å². The van der Waals surface area contributed by atoms with Crippen LogP contribution >= 0.6 is 0 Å². The molecule has 0 aromatic rings. The third kappa shape index (κ3) is 6.09. The van der Waals surface area contributed by atoms with Gasteiger partial charge in [-0.25, -0.2) is 0 Å². The van der Waals surface area contributed by atoms with Gasteiger partial charge in [-0.2, -0.15) is 0 Å². The maximum absolute atomic E-state index is 11.2. The summed E-state index contributed by atoms with van der Waals surface area (Å²) in [4.78, 5) is 11.2. The lowest BCUT2D eigenvalue weighted by Crippen LogP contribution is -2.49. The Bertz CT molecular complexity index is 504. The summed E-state index contributed by atoms with van der Waals surface area (Å²) in [6.07, 6.45) is -0.990. The van der Waals surface area contributed by atoms with Crippen molar-refractivity contribution in [2.24, 2.45) is 0 Å². The number of carbonyl (C=O) groups excluding carboxylic acids is 1. The summed E-state index contributed by atoms with van der Waals surface area (Å²) >= 11 is 0. The second kappa shape index (κ2) is 8.66. The smallest absolute Gasteiger partial charge is 0.220 e. The van der Waals surface area contributed by atoms with Crippen LogP contribution in [0, 0.1) is 5.41 Å². The lowest BCUT2D eigenvalue weighted by Gasteiger charge is -2.39. The highest BCUT2D eigenvalue weighted by Crippen LogP contribution is 2.39. The Morgan fingerprint density at radius 2 is 2.08 bits per heavy atom. The zero-order chi connectivity index (χ0) is 20.1. The first-order chi connectivity index (χ1) is 11.9. The molecular weight excluding hydrogens is 339 g/mol. The second-order valence-electron chi connectivity index (χ2n) is 8.09. The molecule has 1 unspecified atom stereocenters. The van der Waals surface area contributed by atoms with Crippen LogP contribution in [0.1, 0.15) is 33.6 Å². The van der Waals surface area contributed by atoms with E-state index in [9.17, 15) is 4.79 Å². The first-order valence-electron chi connectivity index (χ1n) is 9.19. The van der Waals surface area contributed by atoms with E-state index in [1.807, 2.05) is 7.85 Å². The van der Waals surface area contributed by atoms with Crippen molar-refractivity contribution in [2.45, 2.75) is 76.1 Å². The first kappa shape index (κ1) is 20.4. The van der Waals surface area contributed by atoms with E-state index < -0.39 is 20.5 Å². The highest BCUT2D eigenvalue weighted by atomic mass is 28.4. The fourth-order valence-electron chi connectivity index (χ4n) is 2.33. The van der Waals surface area contributed by atoms with Crippen molar-refractivity contribution in [3.05, 3.63) is 0 Å². The van der Waals surface area contributed by atoms with Crippen LogP contribution in [0.4, 0.5) is 0 Å². The molecule has 0 radical (unpaired) electrons. The van der Waals surface area contributed by atoms with Crippen molar-refractivity contribution < 1.29 is 23.8 Å². The number of aliphatic hydroxyl groups excluding tert-OH is 1. The molecule has 1 heterocycles. The lowest BCUT2D eigenvalue weighted by atomic mass is 9.93. The fraction of sp³-hybridized carbons (Fsp3) is 0.875. The molecule has 0 aliphatic carbocycles. The Hall–Kier alpha value is -0.898. The normalized spacial score (nSPS) is 27.7. The van der Waals surface area contributed by atoms with Crippen LogP contribution in [0.15, 0.2) is 0 Å². The molecule has 0 spiro atoms. The molecule has 1 rings (SSSR count). The van der Waals surface area contributed by atoms with Crippen molar-refractivity contribution in [1.82, 2.24) is 5.32 Å². The maximum Gasteiger partial charge on any atom is 0.220 e. The van der Waals surface area contributed by atoms with Gasteiger partial charge in [0, 0.05) is 19.9 Å². The SMILES string of the molecule is [2H]O[C@@H]1C(O[Si](C)(C)C(C)(C)C)[C@H](B)O[C@@H]1COC(=N)CCC(=O)NC. The number of carbonyl (C=O) groups is 1. The van der Waals surface area contributed by atoms with Gasteiger partial charge in [0.25, 0.3) is 0 Å². The average Bonchev–Trinajstić information content (AvgIpc) is 2.84. The molecule has 4 atom stereocenters. The minimum Gasteiger partial charge on any atom is -0.478 e. The largest absolute Gasteiger partial charge is 0.478 e. The predicted octanol–water partition coefficient (Wildman–Crippen LogP) is 0.616. The van der Waals surface area contributed by atoms with Gasteiger partial charge in [0.15, 0.2) is 14.2 Å². The number of amides is 1. The van der Waals surface area contributed by atoms with Crippen LogP contribution in [-0.2, 0) is 18.7 Å². The minimum absolute atomic E-state index is 0.0161. The molecule has 25 heavy (non-hydrogen) atoms. The van der Waals surface area contributed by atoms with Crippen LogP contribution in [0.2, 0.25) is 18.1 Å². The molecule has 1 fully saturated rings. The highest BCUT2D eigenvalue weighted by molar-refractivity contribution is 6.74. The quantitative estimate of drug-likeness (QED) is 0.329. The number of aliphatic hydroxyl groups is 1. The average molecular weight is 373 g/mol. The van der Waals surface area contributed by atoms with Gasteiger partial charge in [0.05, 0.1) is 12.1 Å². The van der Waals surface area contributed by atoms with Gasteiger partial charge in [-0.05, 0) is 18.1 Å². The molecule has 1 amide bonds. The number of hydrogen-bond acceptors (Lipinski definition) is 6. The van der Waals surface area contributed by atoms with Gasteiger partial charge in [0.1, 0.15) is 26.7 Å². The Morgan fingerprint density at radius 1 is 1.44 bits per heavy atom. The zero-order valence-electron chi connectivity index (χ0n) is 17.5. The third-order valence-corrected chi connectivity index (χ3v) is 9.53. The van der Waals surface area contributed by atoms with Crippen molar-refractivity contribution in [2.75, 3.05) is 13.7 Å². The Balaban J connectivity index is 2.64. The Labute approximate surface area is 154 Å². The molecule has 0 bridgehead atoms. The number of hydrogen-bond donors (Lipinski definition) is 3. The Morgan fingerprint density at radius 3 is 2.60 bits per heavy atom. The summed E-state index contributed by atoms with van der Waals surface area (Å²) in [7, 11) is 1.41. The topological polar surface area (TPSA) is 101 Å². The van der Waals surface area contributed by atoms with E-state index in [4.69, 9.17) is 25.8 Å². The molecule has 144 valence electrons. The molecule has 0 aromatic carbocycles. The molecule has 7 nitrogen and oxygen atoms in total. The summed E-state index contributed by atoms with van der Waals surface area (Å²) in [5.74, 6) is -0.123. The second-order valence-corrected chi connectivity index (χ2v) is 12.9. The fourth-order valence-corrected chi connectivity index (χ4v) is 3.69. The van der Waals surface area contributed by atoms with E-state index in [1.54, 1.807) is 7.05 Å². The van der Waals surface area contributed by atoms with E-state index in [0.29, 0.717) is 0 Å². The van der Waals surface area contributed by atoms with Crippen LogP contribution in [0.5, 0.6) is 0 Å². The molecule has 1 saturated heterocycles. The summed E-state index contributed by atoms with van der Waals surface area (Å²) in [5.41, 5.74) is 0. The van der Waals surface area contributed by atoms with Crippen molar-refractivity contribution in [3.63, 3.8) is 0 Å². The standard InChI is InChI=1S/C16H33BN2O5Si/c1-16(2,3)25(5,6)24-14-13(21)10(23-15(14)17)9-22-11(18)7-8-12(20)19-4/h10,13-15,18,21H,7-9,17H2,1-6H3,(H,19,20)/t10-,13+,14?,15-/m1/s1/i21D. The van der Waals surface area contributed by atoms with Crippen molar-refractivity contribution >= 4 is 28.0 Å². The van der Waals surface area contributed by atoms with Gasteiger partial charge in [-0.1, -0.05) is 20.8 Å². The molecule has 1 aliphatic heterocycles. The van der Waals surface area contributed by atoms with E-state index in [0.717, 1.165) is 0 Å².